The smallest absolute Gasteiger partial charge is 0.222 e. The van der Waals surface area contributed by atoms with E-state index in [0.717, 1.165) is 11.1 Å². The summed E-state index contributed by atoms with van der Waals surface area (Å²) in [5.41, 5.74) is 14.3. The Labute approximate surface area is 151 Å². The molecule has 4 N–H and O–H groups in total. The number of hydrogen-bond acceptors (Lipinski definition) is 7. The second kappa shape index (κ2) is 7.40. The van der Waals surface area contributed by atoms with Crippen LogP contribution >= 0.6 is 0 Å². The zero-order valence-electron chi connectivity index (χ0n) is 14.4. The Balaban J connectivity index is 2.15. The number of pyridine rings is 1. The highest BCUT2D eigenvalue weighted by atomic mass is 16.5. The van der Waals surface area contributed by atoms with E-state index in [1.165, 1.54) is 0 Å². The number of aromatic nitrogens is 3. The molecular formula is C19H17N5O2. The van der Waals surface area contributed by atoms with Crippen LogP contribution in [0.25, 0.3) is 11.3 Å². The van der Waals surface area contributed by atoms with Crippen molar-refractivity contribution in [1.82, 2.24) is 15.0 Å². The lowest BCUT2D eigenvalue weighted by molar-refractivity contribution is 0.355. The number of rotatable bonds is 3. The molecule has 0 saturated heterocycles. The Hall–Kier alpha value is -3.79. The number of nitrogens with zero attached hydrogens (tertiary/aromatic N) is 3. The number of hydrogen-bond donors (Lipinski definition) is 2. The lowest BCUT2D eigenvalue weighted by Gasteiger charge is -2.11. The molecule has 0 aliphatic heterocycles. The lowest BCUT2D eigenvalue weighted by atomic mass is 10.1. The Morgan fingerprint density at radius 2 is 1.77 bits per heavy atom. The quantitative estimate of drug-likeness (QED) is 0.698. The van der Waals surface area contributed by atoms with E-state index in [9.17, 15) is 0 Å². The minimum atomic E-state index is 0.0687. The molecule has 0 atom stereocenters. The standard InChI is InChI=1S/C19H17N5O2/c1-25-15-8-6-13(10-16(15)26-2)17-14(18(20)24-19(21)23-17)7-5-12-4-3-9-22-11-12/h3-4,6,8-11H,1-2H3,(H4,20,21,23,24). The van der Waals surface area contributed by atoms with E-state index in [1.54, 1.807) is 38.7 Å². The average molecular weight is 347 g/mol. The average Bonchev–Trinajstić information content (AvgIpc) is 2.67. The summed E-state index contributed by atoms with van der Waals surface area (Å²) in [6, 6.07) is 9.06. The van der Waals surface area contributed by atoms with Gasteiger partial charge in [0, 0.05) is 23.5 Å². The third-order valence-electron chi connectivity index (χ3n) is 3.60. The highest BCUT2D eigenvalue weighted by molar-refractivity contribution is 5.76. The highest BCUT2D eigenvalue weighted by Gasteiger charge is 2.14. The summed E-state index contributed by atoms with van der Waals surface area (Å²) in [6.45, 7) is 0. The Bertz CT molecular complexity index is 994. The van der Waals surface area contributed by atoms with Crippen molar-refractivity contribution in [3.05, 3.63) is 53.9 Å². The van der Waals surface area contributed by atoms with Crippen LogP contribution in [-0.4, -0.2) is 29.2 Å². The van der Waals surface area contributed by atoms with Crippen LogP contribution in [0.15, 0.2) is 42.7 Å². The Kier molecular flexibility index (Phi) is 4.85. The van der Waals surface area contributed by atoms with Crippen LogP contribution in [0.3, 0.4) is 0 Å². The molecule has 0 bridgehead atoms. The second-order valence-corrected chi connectivity index (χ2v) is 5.25. The summed E-state index contributed by atoms with van der Waals surface area (Å²) in [5.74, 6) is 7.48. The van der Waals surface area contributed by atoms with Gasteiger partial charge in [-0.05, 0) is 30.3 Å². The van der Waals surface area contributed by atoms with Crippen LogP contribution in [0, 0.1) is 11.8 Å². The summed E-state index contributed by atoms with van der Waals surface area (Å²) in [4.78, 5) is 12.4. The van der Waals surface area contributed by atoms with Gasteiger partial charge in [0.05, 0.1) is 25.5 Å². The number of ether oxygens (including phenoxy) is 2. The molecule has 0 aliphatic carbocycles. The van der Waals surface area contributed by atoms with Gasteiger partial charge in [-0.25, -0.2) is 4.98 Å². The van der Waals surface area contributed by atoms with Gasteiger partial charge in [0.2, 0.25) is 5.95 Å². The van der Waals surface area contributed by atoms with Gasteiger partial charge in [0.15, 0.2) is 11.5 Å². The third kappa shape index (κ3) is 3.49. The van der Waals surface area contributed by atoms with Crippen LogP contribution in [0.5, 0.6) is 11.5 Å². The van der Waals surface area contributed by atoms with E-state index in [1.807, 2.05) is 18.2 Å². The molecule has 7 nitrogen and oxygen atoms in total. The lowest BCUT2D eigenvalue weighted by Crippen LogP contribution is -2.05. The summed E-state index contributed by atoms with van der Waals surface area (Å²) in [5, 5.41) is 0. The van der Waals surface area contributed by atoms with E-state index in [2.05, 4.69) is 26.8 Å². The van der Waals surface area contributed by atoms with Crippen molar-refractivity contribution in [2.45, 2.75) is 0 Å². The van der Waals surface area contributed by atoms with Gasteiger partial charge in [-0.1, -0.05) is 11.8 Å². The second-order valence-electron chi connectivity index (χ2n) is 5.25. The predicted molar refractivity (Wildman–Crippen MR) is 99.6 cm³/mol. The topological polar surface area (TPSA) is 109 Å². The first kappa shape index (κ1) is 17.0. The van der Waals surface area contributed by atoms with Crippen molar-refractivity contribution in [2.75, 3.05) is 25.7 Å². The fourth-order valence-corrected chi connectivity index (χ4v) is 2.38. The summed E-state index contributed by atoms with van der Waals surface area (Å²) in [6.07, 6.45) is 3.35. The fraction of sp³-hybridized carbons (Fsp3) is 0.105. The largest absolute Gasteiger partial charge is 0.493 e. The van der Waals surface area contributed by atoms with Crippen LogP contribution < -0.4 is 20.9 Å². The minimum Gasteiger partial charge on any atom is -0.493 e. The van der Waals surface area contributed by atoms with Crippen LogP contribution in [0.1, 0.15) is 11.1 Å². The summed E-state index contributed by atoms with van der Waals surface area (Å²) < 4.78 is 10.6. The van der Waals surface area contributed by atoms with Crippen molar-refractivity contribution in [1.29, 1.82) is 0 Å². The maximum Gasteiger partial charge on any atom is 0.222 e. The molecular weight excluding hydrogens is 330 g/mol. The molecule has 0 aliphatic rings. The molecule has 0 fully saturated rings. The van der Waals surface area contributed by atoms with Gasteiger partial charge in [0.25, 0.3) is 0 Å². The van der Waals surface area contributed by atoms with Gasteiger partial charge in [-0.15, -0.1) is 0 Å². The fourth-order valence-electron chi connectivity index (χ4n) is 2.38. The van der Waals surface area contributed by atoms with Gasteiger partial charge in [0.1, 0.15) is 5.82 Å². The molecule has 2 aromatic heterocycles. The molecule has 26 heavy (non-hydrogen) atoms. The first-order valence-corrected chi connectivity index (χ1v) is 7.69. The van der Waals surface area contributed by atoms with Crippen molar-refractivity contribution in [3.63, 3.8) is 0 Å². The summed E-state index contributed by atoms with van der Waals surface area (Å²) >= 11 is 0. The normalized spacial score (nSPS) is 9.92. The zero-order chi connectivity index (χ0) is 18.5. The Morgan fingerprint density at radius 3 is 2.46 bits per heavy atom. The van der Waals surface area contributed by atoms with E-state index < -0.39 is 0 Å². The predicted octanol–water partition coefficient (Wildman–Crippen LogP) is 2.12. The van der Waals surface area contributed by atoms with Crippen molar-refractivity contribution >= 4 is 11.8 Å². The zero-order valence-corrected chi connectivity index (χ0v) is 14.4. The molecule has 2 heterocycles. The van der Waals surface area contributed by atoms with E-state index in [0.29, 0.717) is 22.8 Å². The number of benzene rings is 1. The third-order valence-corrected chi connectivity index (χ3v) is 3.60. The highest BCUT2D eigenvalue weighted by Crippen LogP contribution is 2.33. The number of nitrogen functional groups attached to an aromatic ring is 2. The first-order valence-electron chi connectivity index (χ1n) is 7.69. The molecule has 0 saturated carbocycles. The van der Waals surface area contributed by atoms with Crippen LogP contribution in [0.4, 0.5) is 11.8 Å². The van der Waals surface area contributed by atoms with Crippen LogP contribution in [0.2, 0.25) is 0 Å². The molecule has 3 rings (SSSR count). The monoisotopic (exact) mass is 347 g/mol. The number of nitrogens with two attached hydrogens (primary N) is 2. The SMILES string of the molecule is COc1ccc(-c2nc(N)nc(N)c2C#Cc2cccnc2)cc1OC. The van der Waals surface area contributed by atoms with Crippen molar-refractivity contribution in [3.8, 4) is 34.6 Å². The van der Waals surface area contributed by atoms with Crippen LogP contribution in [-0.2, 0) is 0 Å². The molecule has 3 aromatic rings. The minimum absolute atomic E-state index is 0.0687. The van der Waals surface area contributed by atoms with E-state index in [4.69, 9.17) is 20.9 Å². The van der Waals surface area contributed by atoms with E-state index in [-0.39, 0.29) is 11.8 Å². The molecule has 7 heteroatoms. The number of methoxy groups -OCH3 is 2. The molecule has 0 spiro atoms. The summed E-state index contributed by atoms with van der Waals surface area (Å²) in [7, 11) is 3.14. The van der Waals surface area contributed by atoms with Gasteiger partial charge < -0.3 is 20.9 Å². The van der Waals surface area contributed by atoms with Crippen molar-refractivity contribution in [2.24, 2.45) is 0 Å². The number of anilines is 2. The molecule has 1 aromatic carbocycles. The van der Waals surface area contributed by atoms with E-state index >= 15 is 0 Å². The van der Waals surface area contributed by atoms with Gasteiger partial charge in [-0.2, -0.15) is 4.98 Å². The maximum atomic E-state index is 6.05. The Morgan fingerprint density at radius 1 is 0.962 bits per heavy atom. The van der Waals surface area contributed by atoms with Crippen molar-refractivity contribution < 1.29 is 9.47 Å². The van der Waals surface area contributed by atoms with Gasteiger partial charge >= 0.3 is 0 Å². The van der Waals surface area contributed by atoms with Gasteiger partial charge in [-0.3, -0.25) is 4.98 Å². The maximum absolute atomic E-state index is 6.05. The molecule has 130 valence electrons. The molecule has 0 amide bonds. The first-order chi connectivity index (χ1) is 12.6. The molecule has 0 unspecified atom stereocenters. The molecule has 0 radical (unpaired) electrons.